The smallest absolute Gasteiger partial charge is 0.227 e. The summed E-state index contributed by atoms with van der Waals surface area (Å²) in [6, 6.07) is 12.3. The Balaban J connectivity index is 1.18. The molecule has 36 heavy (non-hydrogen) atoms. The largest absolute Gasteiger partial charge is 0.379 e. The molecule has 2 aliphatic rings. The van der Waals surface area contributed by atoms with Crippen molar-refractivity contribution in [2.75, 3.05) is 48.8 Å². The predicted molar refractivity (Wildman–Crippen MR) is 142 cm³/mol. The predicted octanol–water partition coefficient (Wildman–Crippen LogP) is 3.73. The van der Waals surface area contributed by atoms with E-state index in [2.05, 4.69) is 59.8 Å². The van der Waals surface area contributed by atoms with Gasteiger partial charge in [-0.15, -0.1) is 0 Å². The maximum atomic E-state index is 12.2. The van der Waals surface area contributed by atoms with Crippen molar-refractivity contribution in [1.82, 2.24) is 25.1 Å². The summed E-state index contributed by atoms with van der Waals surface area (Å²) in [6.45, 7) is 4.69. The molecule has 3 aromatic heterocycles. The second kappa shape index (κ2) is 9.58. The Hall–Kier alpha value is -3.98. The number of amides is 1. The van der Waals surface area contributed by atoms with E-state index < -0.39 is 0 Å². The molecule has 4 heterocycles. The molecule has 0 atom stereocenters. The molecule has 9 nitrogen and oxygen atoms in total. The van der Waals surface area contributed by atoms with Crippen LogP contribution in [0.15, 0.2) is 55.0 Å². The maximum Gasteiger partial charge on any atom is 0.227 e. The molecule has 1 aromatic carbocycles. The third-order valence-electron chi connectivity index (χ3n) is 6.96. The number of piperazine rings is 1. The summed E-state index contributed by atoms with van der Waals surface area (Å²) >= 11 is 0. The fourth-order valence-corrected chi connectivity index (χ4v) is 4.56. The van der Waals surface area contributed by atoms with Gasteiger partial charge in [-0.1, -0.05) is 6.07 Å². The first kappa shape index (κ1) is 22.5. The standard InChI is InChI=1S/C27H30N8O/c1-34-8-10-35(11-9-34)26-14-21(6-7-29-26)30-17-25-23-13-19(4-5-24(23)32-33-25)20-12-22(16-28-15-20)31-27(36)18-2-3-18/h4-7,12-16,18H,2-3,8-11,17H2,1H3,(H,29,30)(H,31,36)(H,32,33). The van der Waals surface area contributed by atoms with Gasteiger partial charge in [-0.25, -0.2) is 4.98 Å². The van der Waals surface area contributed by atoms with Gasteiger partial charge in [0, 0.05) is 67.2 Å². The molecule has 2 fully saturated rings. The van der Waals surface area contributed by atoms with E-state index in [0.717, 1.165) is 83.9 Å². The van der Waals surface area contributed by atoms with Crippen LogP contribution in [-0.4, -0.2) is 64.2 Å². The number of fused-ring (bicyclic) bond motifs is 1. The van der Waals surface area contributed by atoms with Crippen LogP contribution in [0.1, 0.15) is 18.5 Å². The lowest BCUT2D eigenvalue weighted by Crippen LogP contribution is -2.44. The Labute approximate surface area is 209 Å². The van der Waals surface area contributed by atoms with Crippen molar-refractivity contribution in [2.45, 2.75) is 19.4 Å². The summed E-state index contributed by atoms with van der Waals surface area (Å²) in [7, 11) is 2.16. The second-order valence-corrected chi connectivity index (χ2v) is 9.71. The molecule has 1 amide bonds. The normalized spacial score (nSPS) is 16.3. The van der Waals surface area contributed by atoms with Gasteiger partial charge in [-0.3, -0.25) is 14.9 Å². The Morgan fingerprint density at radius 1 is 1.03 bits per heavy atom. The number of aromatic nitrogens is 4. The second-order valence-electron chi connectivity index (χ2n) is 9.71. The highest BCUT2D eigenvalue weighted by Crippen LogP contribution is 2.31. The van der Waals surface area contributed by atoms with E-state index in [9.17, 15) is 4.79 Å². The molecule has 0 radical (unpaired) electrons. The molecular weight excluding hydrogens is 452 g/mol. The quantitative estimate of drug-likeness (QED) is 0.369. The third-order valence-corrected chi connectivity index (χ3v) is 6.96. The monoisotopic (exact) mass is 482 g/mol. The number of benzene rings is 1. The van der Waals surface area contributed by atoms with Gasteiger partial charge in [0.15, 0.2) is 0 Å². The molecule has 4 aromatic rings. The first-order valence-electron chi connectivity index (χ1n) is 12.5. The highest BCUT2D eigenvalue weighted by molar-refractivity contribution is 5.94. The van der Waals surface area contributed by atoms with E-state index in [1.54, 1.807) is 6.20 Å². The third kappa shape index (κ3) is 4.87. The fraction of sp³-hybridized carbons (Fsp3) is 0.333. The summed E-state index contributed by atoms with van der Waals surface area (Å²) in [4.78, 5) is 25.8. The number of carbonyl (C=O) groups is 1. The lowest BCUT2D eigenvalue weighted by molar-refractivity contribution is -0.117. The first-order chi connectivity index (χ1) is 17.6. The van der Waals surface area contributed by atoms with Crippen LogP contribution in [0.5, 0.6) is 0 Å². The zero-order valence-corrected chi connectivity index (χ0v) is 20.4. The minimum Gasteiger partial charge on any atom is -0.379 e. The van der Waals surface area contributed by atoms with E-state index in [0.29, 0.717) is 6.54 Å². The summed E-state index contributed by atoms with van der Waals surface area (Å²) in [6.07, 6.45) is 7.33. The van der Waals surface area contributed by atoms with Crippen LogP contribution >= 0.6 is 0 Å². The van der Waals surface area contributed by atoms with Crippen LogP contribution in [0, 0.1) is 5.92 Å². The molecule has 184 valence electrons. The SMILES string of the molecule is CN1CCN(c2cc(NCc3[nH]nc4ccc(-c5cncc(NC(=O)C6CC6)c5)cc34)ccn2)CC1. The molecule has 3 N–H and O–H groups in total. The van der Waals surface area contributed by atoms with Crippen molar-refractivity contribution in [3.63, 3.8) is 0 Å². The highest BCUT2D eigenvalue weighted by Gasteiger charge is 2.29. The number of hydrogen-bond donors (Lipinski definition) is 3. The topological polar surface area (TPSA) is 102 Å². The molecule has 1 saturated heterocycles. The van der Waals surface area contributed by atoms with E-state index in [4.69, 9.17) is 0 Å². The van der Waals surface area contributed by atoms with Crippen molar-refractivity contribution in [3.05, 3.63) is 60.7 Å². The minimum absolute atomic E-state index is 0.0829. The van der Waals surface area contributed by atoms with Crippen LogP contribution in [0.3, 0.4) is 0 Å². The maximum absolute atomic E-state index is 12.2. The van der Waals surface area contributed by atoms with Gasteiger partial charge >= 0.3 is 0 Å². The molecule has 0 bridgehead atoms. The van der Waals surface area contributed by atoms with Gasteiger partial charge in [0.1, 0.15) is 5.82 Å². The molecule has 1 aliphatic heterocycles. The minimum atomic E-state index is 0.0829. The van der Waals surface area contributed by atoms with Gasteiger partial charge in [-0.05, 0) is 49.7 Å². The van der Waals surface area contributed by atoms with Gasteiger partial charge < -0.3 is 20.4 Å². The summed E-state index contributed by atoms with van der Waals surface area (Å²) in [5.74, 6) is 1.24. The van der Waals surface area contributed by atoms with Gasteiger partial charge in [0.25, 0.3) is 0 Å². The average Bonchev–Trinajstić information content (AvgIpc) is 3.69. The number of nitrogens with zero attached hydrogens (tertiary/aromatic N) is 5. The van der Waals surface area contributed by atoms with Crippen LogP contribution in [0.2, 0.25) is 0 Å². The average molecular weight is 483 g/mol. The zero-order chi connectivity index (χ0) is 24.5. The zero-order valence-electron chi connectivity index (χ0n) is 20.4. The molecule has 0 unspecified atom stereocenters. The number of H-pyrrole nitrogens is 1. The molecule has 1 aliphatic carbocycles. The van der Waals surface area contributed by atoms with Gasteiger partial charge in [0.05, 0.1) is 29.6 Å². The summed E-state index contributed by atoms with van der Waals surface area (Å²) < 4.78 is 0. The van der Waals surface area contributed by atoms with Crippen LogP contribution in [0.4, 0.5) is 17.2 Å². The number of carbonyl (C=O) groups excluding carboxylic acids is 1. The van der Waals surface area contributed by atoms with E-state index in [-0.39, 0.29) is 11.8 Å². The molecular formula is C27H30N8O. The van der Waals surface area contributed by atoms with Gasteiger partial charge in [-0.2, -0.15) is 5.10 Å². The van der Waals surface area contributed by atoms with Crippen molar-refractivity contribution in [2.24, 2.45) is 5.92 Å². The molecule has 9 heteroatoms. The Morgan fingerprint density at radius 3 is 2.72 bits per heavy atom. The van der Waals surface area contributed by atoms with Crippen molar-refractivity contribution < 1.29 is 4.79 Å². The van der Waals surface area contributed by atoms with E-state index in [1.165, 1.54) is 0 Å². The lowest BCUT2D eigenvalue weighted by Gasteiger charge is -2.33. The Kier molecular flexibility index (Phi) is 5.98. The number of rotatable bonds is 7. The van der Waals surface area contributed by atoms with Crippen molar-refractivity contribution >= 4 is 34.0 Å². The number of likely N-dealkylation sites (N-methyl/N-ethyl adjacent to an activating group) is 1. The molecule has 6 rings (SSSR count). The fourth-order valence-electron chi connectivity index (χ4n) is 4.56. The van der Waals surface area contributed by atoms with Crippen LogP contribution in [0.25, 0.3) is 22.0 Å². The number of hydrogen-bond acceptors (Lipinski definition) is 7. The van der Waals surface area contributed by atoms with E-state index in [1.807, 2.05) is 36.7 Å². The summed E-state index contributed by atoms with van der Waals surface area (Å²) in [5, 5.41) is 15.2. The van der Waals surface area contributed by atoms with Crippen LogP contribution < -0.4 is 15.5 Å². The Morgan fingerprint density at radius 2 is 1.89 bits per heavy atom. The number of aromatic amines is 1. The Bertz CT molecular complexity index is 1390. The first-order valence-corrected chi connectivity index (χ1v) is 12.5. The lowest BCUT2D eigenvalue weighted by atomic mass is 10.0. The molecule has 1 saturated carbocycles. The number of pyridine rings is 2. The number of nitrogens with one attached hydrogen (secondary N) is 3. The summed E-state index contributed by atoms with van der Waals surface area (Å²) in [5.41, 5.74) is 5.66. The van der Waals surface area contributed by atoms with Crippen molar-refractivity contribution in [1.29, 1.82) is 0 Å². The van der Waals surface area contributed by atoms with E-state index >= 15 is 0 Å². The van der Waals surface area contributed by atoms with Gasteiger partial charge in [0.2, 0.25) is 5.91 Å². The number of anilines is 3. The van der Waals surface area contributed by atoms with Crippen molar-refractivity contribution in [3.8, 4) is 11.1 Å². The van der Waals surface area contributed by atoms with Crippen LogP contribution in [-0.2, 0) is 11.3 Å². The molecule has 0 spiro atoms. The highest BCUT2D eigenvalue weighted by atomic mass is 16.2.